The molecular formula is C76H90BrCl3FNO5S6Si6. The standard InChI is InChI=1S/C18H20O3SSi.C15H16FNO2Si.C12H13ClS3Si.C10H11ClSSi.C9H15BrSi.C9H11ClSSi.C3H4/c1-22(19,20)21-23(12-6-7-13-23)18-16-10-4-2-8-14(16)15-9-3-5-11-17(15)18;1-17-9-8-12-13(17)10-6-4-5-7-11(10)14(12)20(2,3)19-15(16)18;1-6-4-8-9-5-7(2)16-11(9)12(10(8)15-6)17(3,13)14;1-13(11,12)10-7-6-8-4-2-3-5-9(8)10;1-3-11(10,4-2)9-7-5-6-8-9;1-12(2,10)8-4-3-7-5-6-11-9(7)8;1-3-2/h2-5,8-11,18H,6-7,12-13H2,1H3;4-9,14H,1-3H3;4-5,12,14H,1-3H3;2-7,10,12H,1H3;5-9H,3-4H2,1-2H3;3-6,8H,1-2H3;1H,2H3. The lowest BCUT2D eigenvalue weighted by molar-refractivity contribution is 0.172. The highest BCUT2D eigenvalue weighted by atomic mass is 79.9. The van der Waals surface area contributed by atoms with Crippen molar-refractivity contribution in [3.63, 3.8) is 0 Å². The van der Waals surface area contributed by atoms with Gasteiger partial charge in [-0.05, 0) is 162 Å². The van der Waals surface area contributed by atoms with Gasteiger partial charge in [-0.2, -0.15) is 57.4 Å². The van der Waals surface area contributed by atoms with Crippen LogP contribution in [0.4, 0.5) is 9.18 Å². The van der Waals surface area contributed by atoms with Crippen molar-refractivity contribution in [2.24, 2.45) is 7.05 Å². The third-order valence-electron chi connectivity index (χ3n) is 19.3. The molecule has 7 aliphatic rings. The number of terminal acetylenes is 1. The molecule has 0 radical (unpaired) electrons. The zero-order chi connectivity index (χ0) is 72.2. The minimum atomic E-state index is -3.45. The maximum atomic E-state index is 12.8. The number of hydrogen-bond acceptors (Lipinski definition) is 10. The van der Waals surface area contributed by atoms with Gasteiger partial charge in [0, 0.05) is 76.4 Å². The summed E-state index contributed by atoms with van der Waals surface area (Å²) in [5.74, 6) is 2.25. The van der Waals surface area contributed by atoms with Gasteiger partial charge in [-0.15, -0.1) is 66.0 Å². The molecule has 6 nitrogen and oxygen atoms in total. The molecule has 1 saturated heterocycles. The Bertz CT molecular complexity index is 4380. The summed E-state index contributed by atoms with van der Waals surface area (Å²) in [6.07, 6.45) is 26.0. The molecule has 5 unspecified atom stereocenters. The Kier molecular flexibility index (Phi) is 26.4. The first-order valence-corrected chi connectivity index (χ1v) is 61.8. The minimum Gasteiger partial charge on any atom is -0.494 e. The second-order valence-electron chi connectivity index (χ2n) is 27.5. The summed E-state index contributed by atoms with van der Waals surface area (Å²) in [6.45, 7) is 17.9. The van der Waals surface area contributed by atoms with Crippen LogP contribution in [0, 0.1) is 26.2 Å². The van der Waals surface area contributed by atoms with Crippen LogP contribution in [0.1, 0.15) is 125 Å². The number of allylic oxidation sites excluding steroid dienone is 6. The summed E-state index contributed by atoms with van der Waals surface area (Å²) in [7, 11) is -7.98. The molecule has 8 aromatic rings. The van der Waals surface area contributed by atoms with Crippen molar-refractivity contribution in [3.05, 3.63) is 233 Å². The molecular weight excluding hydrogens is 1570 g/mol. The van der Waals surface area contributed by atoms with Gasteiger partial charge < -0.3 is 12.9 Å². The topological polar surface area (TPSA) is 74.6 Å². The fraction of sp³-hybridized carbons (Fsp3) is 0.329. The lowest BCUT2D eigenvalue weighted by atomic mass is 10.1. The van der Waals surface area contributed by atoms with Gasteiger partial charge in [0.15, 0.2) is 7.38 Å². The first kappa shape index (κ1) is 79.6. The van der Waals surface area contributed by atoms with Crippen LogP contribution >= 0.6 is 107 Å². The fourth-order valence-electron chi connectivity index (χ4n) is 15.0. The molecule has 6 aliphatic carbocycles. The highest BCUT2D eigenvalue weighted by molar-refractivity contribution is 9.26. The molecule has 0 spiro atoms. The quantitative estimate of drug-likeness (QED) is 0.0444. The number of aromatic nitrogens is 1. The van der Waals surface area contributed by atoms with Gasteiger partial charge in [-0.1, -0.05) is 185 Å². The van der Waals surface area contributed by atoms with Crippen molar-refractivity contribution >= 4 is 179 Å². The number of carbonyl (C=O) groups is 1. The van der Waals surface area contributed by atoms with E-state index in [4.69, 9.17) is 53.6 Å². The van der Waals surface area contributed by atoms with E-state index in [2.05, 4.69) is 249 Å². The Hall–Kier alpha value is -3.56. The summed E-state index contributed by atoms with van der Waals surface area (Å²) in [6, 6.07) is 46.6. The zero-order valence-corrected chi connectivity index (χ0v) is 73.4. The highest BCUT2D eigenvalue weighted by Gasteiger charge is 2.53. The van der Waals surface area contributed by atoms with Crippen LogP contribution in [0.25, 0.3) is 45.7 Å². The van der Waals surface area contributed by atoms with Crippen molar-refractivity contribution in [1.82, 2.24) is 4.57 Å². The molecule has 4 aromatic carbocycles. The Morgan fingerprint density at radius 2 is 1.16 bits per heavy atom. The van der Waals surface area contributed by atoms with Gasteiger partial charge in [-0.3, -0.25) is 0 Å². The number of aryl methyl sites for hydroxylation is 3. The highest BCUT2D eigenvalue weighted by Crippen LogP contribution is 2.58. The van der Waals surface area contributed by atoms with Gasteiger partial charge in [0.2, 0.25) is 21.4 Å². The van der Waals surface area contributed by atoms with E-state index in [9.17, 15) is 17.6 Å². The number of benzene rings is 4. The molecule has 5 heterocycles. The molecule has 99 heavy (non-hydrogen) atoms. The average Bonchev–Trinajstić information content (AvgIpc) is 1.59. The number of thiophene rings is 3. The maximum absolute atomic E-state index is 12.8. The van der Waals surface area contributed by atoms with Crippen molar-refractivity contribution in [1.29, 1.82) is 0 Å². The fourth-order valence-corrected chi connectivity index (χ4v) is 42.5. The van der Waals surface area contributed by atoms with E-state index >= 15 is 0 Å². The predicted octanol–water partition coefficient (Wildman–Crippen LogP) is 25.3. The Balaban J connectivity index is 0.000000140. The molecule has 15 rings (SSSR count). The number of thiol groups is 2. The largest absolute Gasteiger partial charge is 0.494 e. The molecule has 1 aliphatic heterocycles. The summed E-state index contributed by atoms with van der Waals surface area (Å²) in [5, 5.41) is 2.15. The van der Waals surface area contributed by atoms with Gasteiger partial charge in [0.25, 0.3) is 18.4 Å². The SMILES string of the molecule is C#CC.CC[Si](Br)(CC)C1C=CC=C1.CS(=O)(=O)O[Si]1(C2c3ccccc3-c3ccccc32)CCCC1.C[Si](C)(Cl)C1C=Cc2ccsc21.C[Si](S)(Cl)C1C=Cc2ccccc21.Cc1cc2c(s1)C([Si](C)(S)Cl)c1sc(C)cc1-2.Cn1ccc2c1-c1ccccc1C2[Si](C)(C)OC(=O)F. The summed E-state index contributed by atoms with van der Waals surface area (Å²) < 4.78 is 49.8. The number of nitrogens with zero attached hydrogens (tertiary/aromatic N) is 1. The Morgan fingerprint density at radius 3 is 1.66 bits per heavy atom. The molecule has 0 N–H and O–H groups in total. The summed E-state index contributed by atoms with van der Waals surface area (Å²) >= 11 is 38.2. The van der Waals surface area contributed by atoms with Gasteiger partial charge >= 0.3 is 6.22 Å². The normalized spacial score (nSPS) is 18.8. The number of hydrogen-bond donors (Lipinski definition) is 2. The van der Waals surface area contributed by atoms with E-state index in [-0.39, 0.29) is 11.1 Å². The van der Waals surface area contributed by atoms with Gasteiger partial charge in [0.1, 0.15) is 6.69 Å². The number of fused-ring (bicyclic) bond motifs is 11. The van der Waals surface area contributed by atoms with E-state index in [1.54, 1.807) is 6.92 Å². The maximum Gasteiger partial charge on any atom is 0.481 e. The van der Waals surface area contributed by atoms with Crippen molar-refractivity contribution < 1.29 is 25.9 Å². The molecule has 0 amide bonds. The van der Waals surface area contributed by atoms with E-state index in [0.29, 0.717) is 16.6 Å². The zero-order valence-electron chi connectivity index (χ0n) is 58.5. The average molecular weight is 1660 g/mol. The lowest BCUT2D eigenvalue weighted by Gasteiger charge is -2.32. The molecule has 1 fully saturated rings. The second kappa shape index (κ2) is 32.8. The molecule has 0 bridgehead atoms. The lowest BCUT2D eigenvalue weighted by Crippen LogP contribution is -2.44. The monoisotopic (exact) mass is 1660 g/mol. The number of rotatable bonds is 11. The smallest absolute Gasteiger partial charge is 0.481 e. The van der Waals surface area contributed by atoms with Crippen LogP contribution in [-0.4, -0.2) is 69.2 Å². The van der Waals surface area contributed by atoms with E-state index in [1.165, 1.54) is 92.8 Å². The van der Waals surface area contributed by atoms with Crippen molar-refractivity contribution in [2.75, 3.05) is 6.26 Å². The van der Waals surface area contributed by atoms with Gasteiger partial charge in [0.05, 0.1) is 11.9 Å². The molecule has 524 valence electrons. The van der Waals surface area contributed by atoms with Crippen LogP contribution in [0.2, 0.25) is 69.0 Å². The molecule has 4 aromatic heterocycles. The first-order valence-electron chi connectivity index (χ1n) is 33.5. The van der Waals surface area contributed by atoms with E-state index in [1.807, 2.05) is 84.6 Å². The van der Waals surface area contributed by atoms with Crippen molar-refractivity contribution in [2.45, 2.75) is 144 Å². The molecule has 0 saturated carbocycles. The summed E-state index contributed by atoms with van der Waals surface area (Å²) in [4.78, 5) is 17.9. The third-order valence-corrected chi connectivity index (χ3v) is 50.3. The number of carbonyl (C=O) groups excluding carboxylic acids is 1. The number of halogens is 5. The third kappa shape index (κ3) is 18.2. The summed E-state index contributed by atoms with van der Waals surface area (Å²) in [5.41, 5.74) is 18.5. The van der Waals surface area contributed by atoms with Gasteiger partial charge in [-0.25, -0.2) is 13.2 Å². The van der Waals surface area contributed by atoms with Crippen LogP contribution in [0.3, 0.4) is 0 Å². The van der Waals surface area contributed by atoms with E-state index < -0.39 is 60.1 Å². The Morgan fingerprint density at radius 1 is 0.677 bits per heavy atom. The van der Waals surface area contributed by atoms with E-state index in [0.717, 1.165) is 52.9 Å². The second-order valence-corrected chi connectivity index (χ2v) is 73.6. The van der Waals surface area contributed by atoms with Crippen molar-refractivity contribution in [3.8, 4) is 45.9 Å². The minimum absolute atomic E-state index is 0.0189. The predicted molar refractivity (Wildman–Crippen MR) is 454 cm³/mol. The molecule has 23 heteroatoms. The molecule has 5 atom stereocenters. The first-order chi connectivity index (χ1) is 46.6. The van der Waals surface area contributed by atoms with Crippen LogP contribution < -0.4 is 0 Å². The Labute approximate surface area is 638 Å². The van der Waals surface area contributed by atoms with Crippen LogP contribution in [0.15, 0.2) is 169 Å². The van der Waals surface area contributed by atoms with Crippen LogP contribution in [-0.2, 0) is 25.5 Å². The van der Waals surface area contributed by atoms with Crippen LogP contribution in [0.5, 0.6) is 0 Å².